The van der Waals surface area contributed by atoms with Crippen LogP contribution in [0.2, 0.25) is 0 Å². The first-order valence-corrected chi connectivity index (χ1v) is 7.58. The fourth-order valence-electron chi connectivity index (χ4n) is 2.12. The first kappa shape index (κ1) is 16.9. The van der Waals surface area contributed by atoms with E-state index in [-0.39, 0.29) is 5.69 Å². The van der Waals surface area contributed by atoms with Gasteiger partial charge in [0, 0.05) is 25.2 Å². The van der Waals surface area contributed by atoms with Gasteiger partial charge in [0.15, 0.2) is 0 Å². The molecule has 6 heteroatoms. The summed E-state index contributed by atoms with van der Waals surface area (Å²) >= 11 is 0. The number of rotatable bonds is 7. The molecule has 0 aliphatic rings. The van der Waals surface area contributed by atoms with E-state index in [4.69, 9.17) is 0 Å². The summed E-state index contributed by atoms with van der Waals surface area (Å²) in [4.78, 5) is 16.5. The van der Waals surface area contributed by atoms with Gasteiger partial charge in [-0.2, -0.15) is 0 Å². The monoisotopic (exact) mass is 314 g/mol. The van der Waals surface area contributed by atoms with Crippen LogP contribution >= 0.6 is 0 Å². The predicted octanol–water partition coefficient (Wildman–Crippen LogP) is 3.44. The van der Waals surface area contributed by atoms with E-state index in [1.165, 1.54) is 23.4 Å². The highest BCUT2D eigenvalue weighted by molar-refractivity contribution is 5.41. The third-order valence-electron chi connectivity index (χ3n) is 3.84. The summed E-state index contributed by atoms with van der Waals surface area (Å²) < 4.78 is 0. The zero-order valence-corrected chi connectivity index (χ0v) is 13.7. The van der Waals surface area contributed by atoms with Crippen LogP contribution in [0.15, 0.2) is 42.6 Å². The second-order valence-electron chi connectivity index (χ2n) is 5.79. The number of pyridine rings is 1. The average Bonchev–Trinajstić information content (AvgIpc) is 2.54. The number of hydrogen-bond donors (Lipinski definition) is 1. The summed E-state index contributed by atoms with van der Waals surface area (Å²) in [6.45, 7) is 5.85. The number of nitrogens with zero attached hydrogens (tertiary/aromatic N) is 3. The number of anilines is 1. The van der Waals surface area contributed by atoms with Gasteiger partial charge in [0.05, 0.1) is 4.92 Å². The lowest BCUT2D eigenvalue weighted by Crippen LogP contribution is -2.26. The molecule has 0 radical (unpaired) electrons. The van der Waals surface area contributed by atoms with Crippen molar-refractivity contribution < 1.29 is 4.92 Å². The Bertz CT molecular complexity index is 656. The lowest BCUT2D eigenvalue weighted by molar-refractivity contribution is -0.385. The molecule has 0 saturated heterocycles. The first-order valence-electron chi connectivity index (χ1n) is 7.58. The highest BCUT2D eigenvalue weighted by Crippen LogP contribution is 2.16. The molecular weight excluding hydrogens is 292 g/mol. The maximum absolute atomic E-state index is 10.6. The number of aromatic nitrogens is 1. The molecule has 0 aliphatic carbocycles. The van der Waals surface area contributed by atoms with Gasteiger partial charge in [-0.25, -0.2) is 4.98 Å². The molecule has 122 valence electrons. The van der Waals surface area contributed by atoms with Crippen LogP contribution < -0.4 is 5.32 Å². The molecular formula is C17H22N4O2. The van der Waals surface area contributed by atoms with Gasteiger partial charge in [-0.05, 0) is 38.1 Å². The van der Waals surface area contributed by atoms with Crippen molar-refractivity contribution in [2.24, 2.45) is 0 Å². The molecule has 0 fully saturated rings. The second kappa shape index (κ2) is 7.69. The van der Waals surface area contributed by atoms with E-state index in [9.17, 15) is 10.1 Å². The van der Waals surface area contributed by atoms with Crippen molar-refractivity contribution in [3.05, 3.63) is 63.8 Å². The van der Waals surface area contributed by atoms with Crippen LogP contribution in [-0.2, 0) is 13.1 Å². The number of hydrogen-bond acceptors (Lipinski definition) is 5. The molecule has 0 unspecified atom stereocenters. The molecule has 6 nitrogen and oxygen atoms in total. The molecule has 2 aromatic rings. The van der Waals surface area contributed by atoms with Gasteiger partial charge < -0.3 is 5.32 Å². The van der Waals surface area contributed by atoms with Crippen molar-refractivity contribution in [3.8, 4) is 0 Å². The maximum atomic E-state index is 10.6. The molecule has 0 atom stereocenters. The van der Waals surface area contributed by atoms with Gasteiger partial charge in [-0.3, -0.25) is 15.0 Å². The molecule has 1 heterocycles. The van der Waals surface area contributed by atoms with E-state index >= 15 is 0 Å². The van der Waals surface area contributed by atoms with Crippen molar-refractivity contribution in [1.29, 1.82) is 0 Å². The molecule has 23 heavy (non-hydrogen) atoms. The topological polar surface area (TPSA) is 71.3 Å². The Morgan fingerprint density at radius 3 is 2.48 bits per heavy atom. The number of nitro groups is 1. The second-order valence-corrected chi connectivity index (χ2v) is 5.79. The first-order chi connectivity index (χ1) is 11.0. The molecule has 2 rings (SSSR count). The van der Waals surface area contributed by atoms with Gasteiger partial charge in [0.2, 0.25) is 0 Å². The lowest BCUT2D eigenvalue weighted by atomic mass is 10.1. The SMILES string of the molecule is CC(C)N(C)Cc1ccccc1CNc1ccc([N+](=O)[O-])cn1. The van der Waals surface area contributed by atoms with Crippen LogP contribution in [0, 0.1) is 10.1 Å². The highest BCUT2D eigenvalue weighted by Gasteiger charge is 2.09. The summed E-state index contributed by atoms with van der Waals surface area (Å²) in [5.41, 5.74) is 2.45. The third kappa shape index (κ3) is 4.75. The highest BCUT2D eigenvalue weighted by atomic mass is 16.6. The fraction of sp³-hybridized carbons (Fsp3) is 0.353. The summed E-state index contributed by atoms with van der Waals surface area (Å²) in [5.74, 6) is 0.627. The minimum absolute atomic E-state index is 0.00508. The smallest absolute Gasteiger partial charge is 0.287 e. The molecule has 0 aliphatic heterocycles. The Balaban J connectivity index is 2.04. The molecule has 0 amide bonds. The summed E-state index contributed by atoms with van der Waals surface area (Å²) in [7, 11) is 2.10. The summed E-state index contributed by atoms with van der Waals surface area (Å²) in [6, 6.07) is 11.8. The van der Waals surface area contributed by atoms with Gasteiger partial charge in [0.1, 0.15) is 12.0 Å². The van der Waals surface area contributed by atoms with E-state index in [0.717, 1.165) is 6.54 Å². The van der Waals surface area contributed by atoms with Crippen molar-refractivity contribution in [2.75, 3.05) is 12.4 Å². The maximum Gasteiger partial charge on any atom is 0.287 e. The zero-order chi connectivity index (χ0) is 16.8. The van der Waals surface area contributed by atoms with Crippen molar-refractivity contribution in [3.63, 3.8) is 0 Å². The van der Waals surface area contributed by atoms with Crippen LogP contribution in [-0.4, -0.2) is 27.9 Å². The van der Waals surface area contributed by atoms with Crippen molar-refractivity contribution in [2.45, 2.75) is 33.0 Å². The van der Waals surface area contributed by atoms with Gasteiger partial charge in [0.25, 0.3) is 5.69 Å². The minimum Gasteiger partial charge on any atom is -0.366 e. The van der Waals surface area contributed by atoms with E-state index in [1.807, 2.05) is 12.1 Å². The number of benzene rings is 1. The summed E-state index contributed by atoms with van der Waals surface area (Å²) in [5, 5.41) is 13.9. The van der Waals surface area contributed by atoms with Crippen LogP contribution in [0.3, 0.4) is 0 Å². The predicted molar refractivity (Wildman–Crippen MR) is 91.3 cm³/mol. The molecule has 0 spiro atoms. The zero-order valence-electron chi connectivity index (χ0n) is 13.7. The van der Waals surface area contributed by atoms with Gasteiger partial charge >= 0.3 is 0 Å². The lowest BCUT2D eigenvalue weighted by Gasteiger charge is -2.22. The van der Waals surface area contributed by atoms with Crippen LogP contribution in [0.1, 0.15) is 25.0 Å². The standard InChI is InChI=1S/C17H22N4O2/c1-13(2)20(3)12-15-7-5-4-6-14(15)10-18-17-9-8-16(11-19-17)21(22)23/h4-9,11,13H,10,12H2,1-3H3,(H,18,19). The average molecular weight is 314 g/mol. The van der Waals surface area contributed by atoms with Crippen molar-refractivity contribution in [1.82, 2.24) is 9.88 Å². The quantitative estimate of drug-likeness (QED) is 0.626. The molecule has 1 aromatic heterocycles. The normalized spacial score (nSPS) is 11.0. The molecule has 0 bridgehead atoms. The Hall–Kier alpha value is -2.47. The molecule has 0 saturated carbocycles. The Morgan fingerprint density at radius 1 is 1.22 bits per heavy atom. The van der Waals surface area contributed by atoms with E-state index in [0.29, 0.717) is 18.4 Å². The van der Waals surface area contributed by atoms with Crippen LogP contribution in [0.4, 0.5) is 11.5 Å². The Kier molecular flexibility index (Phi) is 5.65. The largest absolute Gasteiger partial charge is 0.366 e. The minimum atomic E-state index is -0.451. The Morgan fingerprint density at radius 2 is 1.91 bits per heavy atom. The Labute approximate surface area is 136 Å². The molecule has 1 aromatic carbocycles. The van der Waals surface area contributed by atoms with Crippen molar-refractivity contribution >= 4 is 11.5 Å². The van der Waals surface area contributed by atoms with Gasteiger partial charge in [-0.1, -0.05) is 24.3 Å². The van der Waals surface area contributed by atoms with E-state index in [1.54, 1.807) is 6.07 Å². The van der Waals surface area contributed by atoms with E-state index in [2.05, 4.69) is 48.2 Å². The number of nitrogens with one attached hydrogen (secondary N) is 1. The van der Waals surface area contributed by atoms with Crippen LogP contribution in [0.25, 0.3) is 0 Å². The molecule has 1 N–H and O–H groups in total. The summed E-state index contributed by atoms with van der Waals surface area (Å²) in [6.07, 6.45) is 1.26. The fourth-order valence-corrected chi connectivity index (χ4v) is 2.12. The van der Waals surface area contributed by atoms with Gasteiger partial charge in [-0.15, -0.1) is 0 Å². The third-order valence-corrected chi connectivity index (χ3v) is 3.84. The van der Waals surface area contributed by atoms with Crippen LogP contribution in [0.5, 0.6) is 0 Å². The van der Waals surface area contributed by atoms with E-state index < -0.39 is 4.92 Å².